The minimum absolute atomic E-state index is 0.0102. The van der Waals surface area contributed by atoms with Gasteiger partial charge in [-0.3, -0.25) is 4.79 Å². The Bertz CT molecular complexity index is 717. The van der Waals surface area contributed by atoms with Gasteiger partial charge in [-0.2, -0.15) is 0 Å². The first-order valence-electron chi connectivity index (χ1n) is 8.59. The molecule has 1 atom stereocenters. The largest absolute Gasteiger partial charge is 0.423 e. The average molecular weight is 330 g/mol. The Morgan fingerprint density at radius 1 is 1.29 bits per heavy atom. The molecule has 7 nitrogen and oxygen atoms in total. The molecule has 4 rings (SSSR count). The third-order valence-electron chi connectivity index (χ3n) is 4.93. The molecule has 2 fully saturated rings. The Hall–Kier alpha value is -2.15. The summed E-state index contributed by atoms with van der Waals surface area (Å²) < 4.78 is 13.2. The fraction of sp³-hybridized carbons (Fsp3) is 0.588. The summed E-state index contributed by atoms with van der Waals surface area (Å²) in [4.78, 5) is 15.0. The quantitative estimate of drug-likeness (QED) is 0.864. The van der Waals surface area contributed by atoms with E-state index in [2.05, 4.69) is 14.8 Å². The molecule has 2 aliphatic rings. The van der Waals surface area contributed by atoms with Crippen LogP contribution in [-0.2, 0) is 4.74 Å². The van der Waals surface area contributed by atoms with Crippen molar-refractivity contribution in [2.45, 2.75) is 44.7 Å². The first-order chi connectivity index (χ1) is 11.7. The summed E-state index contributed by atoms with van der Waals surface area (Å²) in [6.07, 6.45) is 6.78. The van der Waals surface area contributed by atoms with Crippen molar-refractivity contribution in [2.24, 2.45) is 0 Å². The molecule has 3 heterocycles. The number of rotatable bonds is 3. The van der Waals surface area contributed by atoms with Gasteiger partial charge in [-0.1, -0.05) is 12.8 Å². The SMILES string of the molecule is Cc1nnc([C@H]2COCCN2C(=O)c2cccn2C2CCCC2)o1. The number of hydrogen-bond acceptors (Lipinski definition) is 5. The summed E-state index contributed by atoms with van der Waals surface area (Å²) in [7, 11) is 0. The Morgan fingerprint density at radius 3 is 2.88 bits per heavy atom. The Labute approximate surface area is 140 Å². The van der Waals surface area contributed by atoms with E-state index < -0.39 is 0 Å². The number of amides is 1. The highest BCUT2D eigenvalue weighted by atomic mass is 16.5. The molecule has 1 aliphatic heterocycles. The van der Waals surface area contributed by atoms with Crippen LogP contribution in [0.3, 0.4) is 0 Å². The van der Waals surface area contributed by atoms with E-state index in [1.165, 1.54) is 12.8 Å². The number of carbonyl (C=O) groups excluding carboxylic acids is 1. The highest BCUT2D eigenvalue weighted by Gasteiger charge is 2.34. The maximum Gasteiger partial charge on any atom is 0.271 e. The van der Waals surface area contributed by atoms with E-state index in [0.29, 0.717) is 37.6 Å². The molecule has 0 unspecified atom stereocenters. The van der Waals surface area contributed by atoms with Crippen LogP contribution < -0.4 is 0 Å². The first-order valence-corrected chi connectivity index (χ1v) is 8.59. The van der Waals surface area contributed by atoms with E-state index in [1.807, 2.05) is 18.3 Å². The first kappa shape index (κ1) is 15.4. The number of hydrogen-bond donors (Lipinski definition) is 0. The Morgan fingerprint density at radius 2 is 2.12 bits per heavy atom. The molecular formula is C17H22N4O3. The molecule has 0 spiro atoms. The molecule has 1 saturated carbocycles. The van der Waals surface area contributed by atoms with Crippen LogP contribution in [0, 0.1) is 6.92 Å². The second-order valence-electron chi connectivity index (χ2n) is 6.49. The van der Waals surface area contributed by atoms with E-state index in [4.69, 9.17) is 9.15 Å². The lowest BCUT2D eigenvalue weighted by Crippen LogP contribution is -2.44. The Kier molecular flexibility index (Phi) is 4.10. The van der Waals surface area contributed by atoms with Gasteiger partial charge in [0.1, 0.15) is 11.7 Å². The van der Waals surface area contributed by atoms with Crippen molar-refractivity contribution in [3.05, 3.63) is 35.8 Å². The monoisotopic (exact) mass is 330 g/mol. The highest BCUT2D eigenvalue weighted by molar-refractivity contribution is 5.93. The van der Waals surface area contributed by atoms with Gasteiger partial charge in [0, 0.05) is 25.7 Å². The van der Waals surface area contributed by atoms with Crippen molar-refractivity contribution in [1.82, 2.24) is 19.7 Å². The zero-order valence-corrected chi connectivity index (χ0v) is 13.9. The van der Waals surface area contributed by atoms with Crippen LogP contribution in [0.25, 0.3) is 0 Å². The zero-order valence-electron chi connectivity index (χ0n) is 13.9. The lowest BCUT2D eigenvalue weighted by Gasteiger charge is -2.34. The summed E-state index contributed by atoms with van der Waals surface area (Å²) in [5.74, 6) is 0.952. The fourth-order valence-corrected chi connectivity index (χ4v) is 3.72. The molecule has 1 aliphatic carbocycles. The summed E-state index contributed by atoms with van der Waals surface area (Å²) >= 11 is 0. The molecular weight excluding hydrogens is 308 g/mol. The maximum absolute atomic E-state index is 13.2. The van der Waals surface area contributed by atoms with Crippen molar-refractivity contribution in [2.75, 3.05) is 19.8 Å². The van der Waals surface area contributed by atoms with E-state index >= 15 is 0 Å². The van der Waals surface area contributed by atoms with Crippen LogP contribution in [0.2, 0.25) is 0 Å². The minimum atomic E-state index is -0.320. The molecule has 24 heavy (non-hydrogen) atoms. The van der Waals surface area contributed by atoms with Gasteiger partial charge in [0.15, 0.2) is 0 Å². The van der Waals surface area contributed by atoms with E-state index in [-0.39, 0.29) is 11.9 Å². The van der Waals surface area contributed by atoms with Crippen molar-refractivity contribution < 1.29 is 13.9 Å². The van der Waals surface area contributed by atoms with Crippen molar-refractivity contribution in [3.8, 4) is 0 Å². The highest BCUT2D eigenvalue weighted by Crippen LogP contribution is 2.32. The number of aryl methyl sites for hydroxylation is 1. The molecule has 2 aromatic heterocycles. The number of carbonyl (C=O) groups is 1. The second kappa shape index (κ2) is 6.39. The minimum Gasteiger partial charge on any atom is -0.423 e. The number of nitrogens with zero attached hydrogens (tertiary/aromatic N) is 4. The van der Waals surface area contributed by atoms with Gasteiger partial charge in [0.05, 0.1) is 13.2 Å². The van der Waals surface area contributed by atoms with Crippen LogP contribution in [-0.4, -0.2) is 45.3 Å². The zero-order chi connectivity index (χ0) is 16.5. The Balaban J connectivity index is 1.61. The van der Waals surface area contributed by atoms with Crippen LogP contribution in [0.1, 0.15) is 60.0 Å². The second-order valence-corrected chi connectivity index (χ2v) is 6.49. The topological polar surface area (TPSA) is 73.4 Å². The molecule has 0 radical (unpaired) electrons. The van der Waals surface area contributed by atoms with Crippen molar-refractivity contribution in [3.63, 3.8) is 0 Å². The predicted molar refractivity (Wildman–Crippen MR) is 85.6 cm³/mol. The van der Waals surface area contributed by atoms with Crippen LogP contribution in [0.4, 0.5) is 0 Å². The van der Waals surface area contributed by atoms with E-state index in [1.54, 1.807) is 11.8 Å². The predicted octanol–water partition coefficient (Wildman–Crippen LogP) is 2.51. The number of morpholine rings is 1. The molecule has 1 saturated heterocycles. The molecule has 128 valence electrons. The third kappa shape index (κ3) is 2.73. The van der Waals surface area contributed by atoms with E-state index in [0.717, 1.165) is 18.5 Å². The summed E-state index contributed by atoms with van der Waals surface area (Å²) in [5, 5.41) is 7.97. The lowest BCUT2D eigenvalue weighted by molar-refractivity contribution is -0.0112. The van der Waals surface area contributed by atoms with Gasteiger partial charge in [0.2, 0.25) is 11.8 Å². The lowest BCUT2D eigenvalue weighted by atomic mass is 10.2. The van der Waals surface area contributed by atoms with Gasteiger partial charge in [0.25, 0.3) is 5.91 Å². The molecule has 2 aromatic rings. The van der Waals surface area contributed by atoms with Crippen molar-refractivity contribution in [1.29, 1.82) is 0 Å². The molecule has 0 N–H and O–H groups in total. The molecule has 7 heteroatoms. The van der Waals surface area contributed by atoms with Gasteiger partial charge < -0.3 is 18.6 Å². The molecule has 0 bridgehead atoms. The number of aromatic nitrogens is 3. The molecule has 0 aromatic carbocycles. The summed E-state index contributed by atoms with van der Waals surface area (Å²) in [6, 6.07) is 3.98. The van der Waals surface area contributed by atoms with Gasteiger partial charge in [-0.05, 0) is 25.0 Å². The van der Waals surface area contributed by atoms with Crippen LogP contribution >= 0.6 is 0 Å². The average Bonchev–Trinajstić information content (AvgIpc) is 3.34. The van der Waals surface area contributed by atoms with Crippen molar-refractivity contribution >= 4 is 5.91 Å². The van der Waals surface area contributed by atoms with Gasteiger partial charge in [-0.15, -0.1) is 10.2 Å². The smallest absolute Gasteiger partial charge is 0.271 e. The third-order valence-corrected chi connectivity index (χ3v) is 4.93. The fourth-order valence-electron chi connectivity index (χ4n) is 3.72. The summed E-state index contributed by atoms with van der Waals surface area (Å²) in [5.41, 5.74) is 0.741. The van der Waals surface area contributed by atoms with Crippen LogP contribution in [0.15, 0.2) is 22.7 Å². The maximum atomic E-state index is 13.2. The van der Waals surface area contributed by atoms with Crippen LogP contribution in [0.5, 0.6) is 0 Å². The normalized spacial score (nSPS) is 22.2. The van der Waals surface area contributed by atoms with E-state index in [9.17, 15) is 4.79 Å². The van der Waals surface area contributed by atoms with Gasteiger partial charge >= 0.3 is 0 Å². The molecule has 1 amide bonds. The standard InChI is InChI=1S/C17H22N4O3/c1-12-18-19-16(24-12)15-11-23-10-9-21(15)17(22)14-7-4-8-20(14)13-5-2-3-6-13/h4,7-8,13,15H,2-3,5-6,9-11H2,1H3/t15-/m1/s1. The summed E-state index contributed by atoms with van der Waals surface area (Å²) in [6.45, 7) is 3.19. The number of ether oxygens (including phenoxy) is 1. The van der Waals surface area contributed by atoms with Gasteiger partial charge in [-0.25, -0.2) is 0 Å².